The van der Waals surface area contributed by atoms with E-state index in [2.05, 4.69) is 18.2 Å². The molecule has 0 aromatic carbocycles. The van der Waals surface area contributed by atoms with E-state index in [0.717, 1.165) is 32.2 Å². The van der Waals surface area contributed by atoms with E-state index in [1.807, 2.05) is 0 Å². The Labute approximate surface area is 98.9 Å². The fourth-order valence-electron chi connectivity index (χ4n) is 2.22. The monoisotopic (exact) mass is 243 g/mol. The van der Waals surface area contributed by atoms with Crippen molar-refractivity contribution < 1.29 is 8.42 Å². The second-order valence-corrected chi connectivity index (χ2v) is 6.71. The van der Waals surface area contributed by atoms with Gasteiger partial charge in [-0.1, -0.05) is 13.3 Å². The maximum Gasteiger partial charge on any atom is 0.154 e. The summed E-state index contributed by atoms with van der Waals surface area (Å²) in [7, 11) is -2.93. The highest BCUT2D eigenvalue weighted by Crippen LogP contribution is 2.23. The van der Waals surface area contributed by atoms with Gasteiger partial charge in [0.25, 0.3) is 0 Å². The van der Waals surface area contributed by atoms with Crippen LogP contribution in [0, 0.1) is 12.3 Å². The Hall–Kier alpha value is -0.530. The summed E-state index contributed by atoms with van der Waals surface area (Å²) < 4.78 is 23.9. The average molecular weight is 243 g/mol. The van der Waals surface area contributed by atoms with Crippen molar-refractivity contribution in [2.45, 2.75) is 50.3 Å². The van der Waals surface area contributed by atoms with Gasteiger partial charge >= 0.3 is 0 Å². The van der Waals surface area contributed by atoms with Crippen LogP contribution in [0.1, 0.15) is 39.0 Å². The van der Waals surface area contributed by atoms with E-state index in [1.54, 1.807) is 0 Å². The summed E-state index contributed by atoms with van der Waals surface area (Å²) in [5.41, 5.74) is 0. The smallest absolute Gasteiger partial charge is 0.154 e. The van der Waals surface area contributed by atoms with Crippen molar-refractivity contribution in [3.63, 3.8) is 0 Å². The first-order valence-electron chi connectivity index (χ1n) is 6.00. The van der Waals surface area contributed by atoms with E-state index >= 15 is 0 Å². The van der Waals surface area contributed by atoms with E-state index < -0.39 is 9.84 Å². The Bertz CT molecular complexity index is 343. The molecule has 1 aliphatic rings. The third-order valence-corrected chi connectivity index (χ3v) is 5.42. The van der Waals surface area contributed by atoms with E-state index in [4.69, 9.17) is 6.42 Å². The SMILES string of the molecule is C#CCC(NCCC)C1CCCCS1(=O)=O. The lowest BCUT2D eigenvalue weighted by atomic mass is 10.0. The summed E-state index contributed by atoms with van der Waals surface area (Å²) in [4.78, 5) is 0. The lowest BCUT2D eigenvalue weighted by Crippen LogP contribution is -2.46. The third kappa shape index (κ3) is 3.50. The van der Waals surface area contributed by atoms with Crippen molar-refractivity contribution >= 4 is 9.84 Å². The summed E-state index contributed by atoms with van der Waals surface area (Å²) in [5.74, 6) is 2.91. The van der Waals surface area contributed by atoms with Crippen LogP contribution in [0.2, 0.25) is 0 Å². The van der Waals surface area contributed by atoms with Gasteiger partial charge in [-0.05, 0) is 25.8 Å². The molecule has 0 spiro atoms. The molecule has 92 valence electrons. The minimum absolute atomic E-state index is 0.0600. The predicted molar refractivity (Wildman–Crippen MR) is 67.0 cm³/mol. The highest BCUT2D eigenvalue weighted by atomic mass is 32.2. The molecule has 1 saturated heterocycles. The van der Waals surface area contributed by atoms with Crippen molar-refractivity contribution in [1.82, 2.24) is 5.32 Å². The van der Waals surface area contributed by atoms with Crippen LogP contribution in [0.3, 0.4) is 0 Å². The molecule has 3 nitrogen and oxygen atoms in total. The Morgan fingerprint density at radius 3 is 2.81 bits per heavy atom. The van der Waals surface area contributed by atoms with Gasteiger partial charge in [-0.25, -0.2) is 8.42 Å². The molecule has 2 unspecified atom stereocenters. The Morgan fingerprint density at radius 1 is 1.50 bits per heavy atom. The molecule has 1 rings (SSSR count). The second-order valence-electron chi connectivity index (χ2n) is 4.37. The van der Waals surface area contributed by atoms with Crippen LogP contribution in [0.15, 0.2) is 0 Å². The lowest BCUT2D eigenvalue weighted by molar-refractivity contribution is 0.441. The number of hydrogen-bond donors (Lipinski definition) is 1. The van der Waals surface area contributed by atoms with Crippen LogP contribution in [0.25, 0.3) is 0 Å². The van der Waals surface area contributed by atoms with Crippen LogP contribution in [-0.4, -0.2) is 32.0 Å². The molecule has 0 saturated carbocycles. The van der Waals surface area contributed by atoms with Crippen molar-refractivity contribution in [1.29, 1.82) is 0 Å². The molecule has 0 aliphatic carbocycles. The molecule has 2 atom stereocenters. The molecule has 0 radical (unpaired) electrons. The molecule has 4 heteroatoms. The van der Waals surface area contributed by atoms with Crippen LogP contribution >= 0.6 is 0 Å². The van der Waals surface area contributed by atoms with Crippen molar-refractivity contribution in [2.75, 3.05) is 12.3 Å². The number of hydrogen-bond acceptors (Lipinski definition) is 3. The Kier molecular flexibility index (Phi) is 5.30. The zero-order chi connectivity index (χ0) is 12.0. The van der Waals surface area contributed by atoms with Crippen LogP contribution in [0.5, 0.6) is 0 Å². The van der Waals surface area contributed by atoms with Gasteiger partial charge in [0.1, 0.15) is 0 Å². The van der Waals surface area contributed by atoms with Gasteiger partial charge in [0, 0.05) is 12.5 Å². The summed E-state index contributed by atoms with van der Waals surface area (Å²) in [6, 6.07) is -0.0600. The highest BCUT2D eigenvalue weighted by molar-refractivity contribution is 7.92. The van der Waals surface area contributed by atoms with Crippen LogP contribution < -0.4 is 5.32 Å². The molecule has 0 amide bonds. The second kappa shape index (κ2) is 6.27. The molecular weight excluding hydrogens is 222 g/mol. The quantitative estimate of drug-likeness (QED) is 0.741. The van der Waals surface area contributed by atoms with Gasteiger partial charge < -0.3 is 5.32 Å². The number of sulfone groups is 1. The molecule has 0 aromatic heterocycles. The Morgan fingerprint density at radius 2 is 2.25 bits per heavy atom. The fourth-order valence-corrected chi connectivity index (χ4v) is 4.35. The molecule has 1 fully saturated rings. The molecule has 1 aliphatic heterocycles. The number of terminal acetylenes is 1. The van der Waals surface area contributed by atoms with E-state index in [9.17, 15) is 8.42 Å². The zero-order valence-electron chi connectivity index (χ0n) is 9.91. The summed E-state index contributed by atoms with van der Waals surface area (Å²) >= 11 is 0. The van der Waals surface area contributed by atoms with Gasteiger partial charge in [-0.2, -0.15) is 0 Å². The molecule has 1 N–H and O–H groups in total. The summed E-state index contributed by atoms with van der Waals surface area (Å²) in [6.45, 7) is 2.90. The molecule has 0 bridgehead atoms. The van der Waals surface area contributed by atoms with Gasteiger partial charge in [0.15, 0.2) is 9.84 Å². The van der Waals surface area contributed by atoms with E-state index in [0.29, 0.717) is 12.2 Å². The minimum atomic E-state index is -2.93. The van der Waals surface area contributed by atoms with Gasteiger partial charge in [0.2, 0.25) is 0 Å². The first-order valence-corrected chi connectivity index (χ1v) is 7.71. The largest absolute Gasteiger partial charge is 0.312 e. The number of nitrogens with one attached hydrogen (secondary N) is 1. The number of rotatable bonds is 5. The maximum absolute atomic E-state index is 12.0. The van der Waals surface area contributed by atoms with Crippen LogP contribution in [-0.2, 0) is 9.84 Å². The van der Waals surface area contributed by atoms with Gasteiger partial charge in [-0.3, -0.25) is 0 Å². The molecule has 0 aromatic rings. The zero-order valence-corrected chi connectivity index (χ0v) is 10.7. The van der Waals surface area contributed by atoms with Crippen molar-refractivity contribution in [3.05, 3.63) is 0 Å². The first kappa shape index (κ1) is 13.5. The topological polar surface area (TPSA) is 46.2 Å². The van der Waals surface area contributed by atoms with Gasteiger partial charge in [0.05, 0.1) is 11.0 Å². The minimum Gasteiger partial charge on any atom is -0.312 e. The first-order chi connectivity index (χ1) is 7.61. The molecule has 1 heterocycles. The van der Waals surface area contributed by atoms with E-state index in [1.165, 1.54) is 0 Å². The molecule has 16 heavy (non-hydrogen) atoms. The fraction of sp³-hybridized carbons (Fsp3) is 0.833. The van der Waals surface area contributed by atoms with Crippen molar-refractivity contribution in [2.24, 2.45) is 0 Å². The van der Waals surface area contributed by atoms with Gasteiger partial charge in [-0.15, -0.1) is 12.3 Å². The molecular formula is C12H21NO2S. The summed E-state index contributed by atoms with van der Waals surface area (Å²) in [6.07, 6.45) is 9.36. The predicted octanol–water partition coefficient (Wildman–Crippen LogP) is 1.35. The third-order valence-electron chi connectivity index (χ3n) is 3.07. The standard InChI is InChI=1S/C12H21NO2S/c1-3-7-11(13-9-4-2)12-8-5-6-10-16(12,14)15/h1,11-13H,4-10H2,2H3. The van der Waals surface area contributed by atoms with Crippen molar-refractivity contribution in [3.8, 4) is 12.3 Å². The average Bonchev–Trinajstić information content (AvgIpc) is 2.24. The van der Waals surface area contributed by atoms with Crippen LogP contribution in [0.4, 0.5) is 0 Å². The maximum atomic E-state index is 12.0. The normalized spacial score (nSPS) is 25.9. The summed E-state index contributed by atoms with van der Waals surface area (Å²) in [5, 5.41) is 3.00. The van der Waals surface area contributed by atoms with E-state index in [-0.39, 0.29) is 11.3 Å². The highest BCUT2D eigenvalue weighted by Gasteiger charge is 2.34. The Balaban J connectivity index is 2.72. The lowest BCUT2D eigenvalue weighted by Gasteiger charge is -2.29.